The maximum atomic E-state index is 13.5. The van der Waals surface area contributed by atoms with E-state index in [1.54, 1.807) is 18.2 Å². The number of amides is 1. The van der Waals surface area contributed by atoms with Gasteiger partial charge in [-0.3, -0.25) is 4.79 Å². The number of carbonyl (C=O) groups is 1. The molecule has 2 heterocycles. The van der Waals surface area contributed by atoms with E-state index in [1.807, 2.05) is 51.1 Å². The molecule has 2 bridgehead atoms. The van der Waals surface area contributed by atoms with Crippen molar-refractivity contribution in [3.63, 3.8) is 0 Å². The minimum Gasteiger partial charge on any atom is -0.487 e. The Labute approximate surface area is 255 Å². The molecule has 0 aromatic heterocycles. The van der Waals surface area contributed by atoms with E-state index in [1.165, 1.54) is 5.56 Å². The fourth-order valence-corrected chi connectivity index (χ4v) is 9.07. The van der Waals surface area contributed by atoms with E-state index in [0.717, 1.165) is 56.4 Å². The molecule has 3 aliphatic rings. The zero-order valence-corrected chi connectivity index (χ0v) is 26.3. The predicted molar refractivity (Wildman–Crippen MR) is 168 cm³/mol. The van der Waals surface area contributed by atoms with E-state index in [-0.39, 0.29) is 23.3 Å². The van der Waals surface area contributed by atoms with Gasteiger partial charge in [0.25, 0.3) is 5.91 Å². The zero-order chi connectivity index (χ0) is 30.0. The van der Waals surface area contributed by atoms with Crippen molar-refractivity contribution in [3.8, 4) is 5.75 Å². The number of carbonyl (C=O) groups excluding carboxylic acids is 1. The minimum atomic E-state index is -3.97. The van der Waals surface area contributed by atoms with Crippen LogP contribution in [0, 0.1) is 23.7 Å². The first kappa shape index (κ1) is 30.9. The number of benzene rings is 2. The van der Waals surface area contributed by atoms with Crippen LogP contribution in [0.25, 0.3) is 0 Å². The number of aliphatic hydroxyl groups excluding tert-OH is 1. The average molecular weight is 615 g/mol. The highest BCUT2D eigenvalue weighted by Crippen LogP contribution is 2.41. The number of fused-ring (bicyclic) bond motifs is 3. The number of aryl methyl sites for hydroxylation is 1. The number of anilines is 1. The van der Waals surface area contributed by atoms with Gasteiger partial charge < -0.3 is 14.7 Å². The number of nitrogens with one attached hydrogen (secondary N) is 1. The minimum absolute atomic E-state index is 0.134. The molecule has 1 aliphatic carbocycles. The Morgan fingerprint density at radius 3 is 2.64 bits per heavy atom. The molecule has 42 heavy (non-hydrogen) atoms. The standard InChI is InChI=1S/C33H43ClN2O5S/c1-21(2)32-22(3)7-6-9-30(37)28-14-11-25(28)19-36-16-5-4-8-23-17-27(34)13-10-26(23)20-41-31-15-12-24(18-29(31)36)33(38)35-42(32,39)40/h6,9-10,12-13,15,17-18,21-22,25,28,30,32,37H,4-5,7-8,11,14,16,19-20H2,1-3H3,(H,35,38)/b9-6+/t22-,25+,28-,30+,32+/m1/s1. The second-order valence-corrected chi connectivity index (χ2v) is 14.9. The van der Waals surface area contributed by atoms with Crippen LogP contribution in [0.3, 0.4) is 0 Å². The molecule has 5 atom stereocenters. The van der Waals surface area contributed by atoms with Crippen LogP contribution in [0.15, 0.2) is 48.6 Å². The van der Waals surface area contributed by atoms with Gasteiger partial charge in [0.1, 0.15) is 12.4 Å². The number of nitrogens with zero attached hydrogens (tertiary/aromatic N) is 1. The lowest BCUT2D eigenvalue weighted by molar-refractivity contribution is 0.0461. The predicted octanol–water partition coefficient (Wildman–Crippen LogP) is 6.13. The van der Waals surface area contributed by atoms with Gasteiger partial charge in [0.15, 0.2) is 0 Å². The molecule has 0 spiro atoms. The second kappa shape index (κ2) is 13.0. The molecule has 2 aromatic carbocycles. The summed E-state index contributed by atoms with van der Waals surface area (Å²) >= 11 is 6.31. The Morgan fingerprint density at radius 1 is 1.10 bits per heavy atom. The lowest BCUT2D eigenvalue weighted by Crippen LogP contribution is -2.44. The van der Waals surface area contributed by atoms with Crippen LogP contribution < -0.4 is 14.4 Å². The first-order valence-corrected chi connectivity index (χ1v) is 17.2. The third-order valence-corrected chi connectivity index (χ3v) is 11.7. The molecule has 2 aliphatic heterocycles. The van der Waals surface area contributed by atoms with Crippen molar-refractivity contribution >= 4 is 33.2 Å². The molecule has 228 valence electrons. The maximum absolute atomic E-state index is 13.5. The topological polar surface area (TPSA) is 95.9 Å². The van der Waals surface area contributed by atoms with E-state index in [9.17, 15) is 18.3 Å². The Kier molecular flexibility index (Phi) is 9.55. The smallest absolute Gasteiger partial charge is 0.264 e. The van der Waals surface area contributed by atoms with Gasteiger partial charge in [-0.2, -0.15) is 0 Å². The summed E-state index contributed by atoms with van der Waals surface area (Å²) in [5, 5.41) is 11.0. The molecule has 7 nitrogen and oxygen atoms in total. The van der Waals surface area contributed by atoms with Crippen LogP contribution >= 0.6 is 11.6 Å². The van der Waals surface area contributed by atoms with Crippen LogP contribution in [-0.2, 0) is 23.1 Å². The van der Waals surface area contributed by atoms with Gasteiger partial charge in [-0.1, -0.05) is 50.6 Å². The summed E-state index contributed by atoms with van der Waals surface area (Å²) in [5.74, 6) is -0.00180. The number of rotatable bonds is 1. The number of ether oxygens (including phenoxy) is 1. The molecule has 2 N–H and O–H groups in total. The SMILES string of the molecule is CC(C)[C@H]1[C@H](C)C/C=C/[C@H](O)[C@@H]2CC[C@H]2CN2CCCCc3cc(Cl)ccc3COc3ccc(cc32)C(=O)NS1(=O)=O. The van der Waals surface area contributed by atoms with Crippen molar-refractivity contribution in [1.29, 1.82) is 0 Å². The second-order valence-electron chi connectivity index (χ2n) is 12.6. The van der Waals surface area contributed by atoms with Crippen molar-refractivity contribution in [2.24, 2.45) is 23.7 Å². The fraction of sp³-hybridized carbons (Fsp3) is 0.545. The van der Waals surface area contributed by atoms with Gasteiger partial charge in [0, 0.05) is 23.7 Å². The van der Waals surface area contributed by atoms with E-state index < -0.39 is 27.3 Å². The Balaban J connectivity index is 1.55. The molecule has 9 heteroatoms. The lowest BCUT2D eigenvalue weighted by Gasteiger charge is -2.42. The number of allylic oxidation sites excluding steroid dienone is 1. The Hall–Kier alpha value is -2.55. The summed E-state index contributed by atoms with van der Waals surface area (Å²) in [6.07, 6.45) is 8.42. The quantitative estimate of drug-likeness (QED) is 0.375. The monoisotopic (exact) mass is 614 g/mol. The third-order valence-electron chi connectivity index (χ3n) is 9.26. The van der Waals surface area contributed by atoms with Crippen LogP contribution in [-0.4, -0.2) is 43.9 Å². The molecular weight excluding hydrogens is 572 g/mol. The summed E-state index contributed by atoms with van der Waals surface area (Å²) in [4.78, 5) is 15.7. The number of hydrogen-bond acceptors (Lipinski definition) is 6. The normalized spacial score (nSPS) is 29.1. The van der Waals surface area contributed by atoms with Crippen molar-refractivity contribution in [3.05, 3.63) is 70.3 Å². The summed E-state index contributed by atoms with van der Waals surface area (Å²) in [6.45, 7) is 7.44. The first-order valence-electron chi connectivity index (χ1n) is 15.2. The molecular formula is C33H43ClN2O5S. The number of halogens is 1. The molecule has 1 amide bonds. The number of sulfonamides is 1. The molecule has 0 radical (unpaired) electrons. The van der Waals surface area contributed by atoms with E-state index in [4.69, 9.17) is 16.3 Å². The largest absolute Gasteiger partial charge is 0.487 e. The molecule has 1 saturated carbocycles. The molecule has 1 fully saturated rings. The maximum Gasteiger partial charge on any atom is 0.264 e. The van der Waals surface area contributed by atoms with Gasteiger partial charge in [-0.05, 0) is 104 Å². The Bertz CT molecular complexity index is 1430. The van der Waals surface area contributed by atoms with Gasteiger partial charge >= 0.3 is 0 Å². The highest BCUT2D eigenvalue weighted by atomic mass is 35.5. The van der Waals surface area contributed by atoms with Crippen LogP contribution in [0.2, 0.25) is 5.02 Å². The van der Waals surface area contributed by atoms with Gasteiger partial charge in [-0.25, -0.2) is 13.1 Å². The third kappa shape index (κ3) is 6.81. The lowest BCUT2D eigenvalue weighted by atomic mass is 9.70. The van der Waals surface area contributed by atoms with Crippen LogP contribution in [0.5, 0.6) is 5.75 Å². The summed E-state index contributed by atoms with van der Waals surface area (Å²) < 4.78 is 35.8. The van der Waals surface area contributed by atoms with E-state index in [2.05, 4.69) is 9.62 Å². The Morgan fingerprint density at radius 2 is 1.90 bits per heavy atom. The van der Waals surface area contributed by atoms with Gasteiger partial charge in [0.05, 0.1) is 17.0 Å². The average Bonchev–Trinajstić information content (AvgIpc) is 2.93. The summed E-state index contributed by atoms with van der Waals surface area (Å²) in [5.41, 5.74) is 3.30. The van der Waals surface area contributed by atoms with Crippen LogP contribution in [0.4, 0.5) is 5.69 Å². The summed E-state index contributed by atoms with van der Waals surface area (Å²) in [7, 11) is -3.97. The molecule has 5 rings (SSSR count). The van der Waals surface area contributed by atoms with E-state index in [0.29, 0.717) is 29.7 Å². The molecule has 2 aromatic rings. The van der Waals surface area contributed by atoms with Gasteiger partial charge in [-0.15, -0.1) is 0 Å². The molecule has 0 saturated heterocycles. The van der Waals surface area contributed by atoms with Crippen molar-refractivity contribution in [2.45, 2.75) is 77.3 Å². The number of hydrogen-bond donors (Lipinski definition) is 2. The first-order chi connectivity index (χ1) is 20.0. The number of aliphatic hydroxyl groups is 1. The molecule has 0 unspecified atom stereocenters. The van der Waals surface area contributed by atoms with E-state index >= 15 is 0 Å². The van der Waals surface area contributed by atoms with Gasteiger partial charge in [0.2, 0.25) is 10.0 Å². The van der Waals surface area contributed by atoms with Crippen molar-refractivity contribution < 1.29 is 23.1 Å². The van der Waals surface area contributed by atoms with Crippen molar-refractivity contribution in [2.75, 3.05) is 18.0 Å². The highest BCUT2D eigenvalue weighted by Gasteiger charge is 2.38. The fourth-order valence-electron chi connectivity index (χ4n) is 6.92. The summed E-state index contributed by atoms with van der Waals surface area (Å²) in [6, 6.07) is 11.1. The van der Waals surface area contributed by atoms with Crippen molar-refractivity contribution in [1.82, 2.24) is 4.72 Å². The zero-order valence-electron chi connectivity index (χ0n) is 24.8. The highest BCUT2D eigenvalue weighted by molar-refractivity contribution is 7.90. The van der Waals surface area contributed by atoms with Crippen LogP contribution in [0.1, 0.15) is 74.4 Å².